The number of likely N-dealkylation sites (tertiary alicyclic amines) is 1. The third kappa shape index (κ3) is 4.55. The van der Waals surface area contributed by atoms with Crippen molar-refractivity contribution in [2.75, 3.05) is 26.2 Å². The van der Waals surface area contributed by atoms with Crippen LogP contribution in [-0.2, 0) is 4.79 Å². The Balaban J connectivity index is 1.84. The fraction of sp³-hybridized carbons (Fsp3) is 0.611. The zero-order chi connectivity index (χ0) is 15.8. The molecule has 4 heteroatoms. The molecule has 122 valence electrons. The van der Waals surface area contributed by atoms with Crippen LogP contribution in [0.5, 0.6) is 0 Å². The Labute approximate surface area is 133 Å². The van der Waals surface area contributed by atoms with Gasteiger partial charge in [0.2, 0.25) is 5.91 Å². The van der Waals surface area contributed by atoms with Crippen LogP contribution in [0.3, 0.4) is 0 Å². The van der Waals surface area contributed by atoms with Crippen LogP contribution in [-0.4, -0.2) is 42.2 Å². The molecule has 0 saturated carbocycles. The minimum atomic E-state index is 0.128. The van der Waals surface area contributed by atoms with Crippen molar-refractivity contribution >= 4 is 5.91 Å². The third-order valence-corrected chi connectivity index (χ3v) is 4.55. The fourth-order valence-corrected chi connectivity index (χ4v) is 3.29. The fourth-order valence-electron chi connectivity index (χ4n) is 3.29. The lowest BCUT2D eigenvalue weighted by Crippen LogP contribution is -2.42. The molecule has 1 aliphatic rings. The summed E-state index contributed by atoms with van der Waals surface area (Å²) in [6.07, 6.45) is 3.58. The summed E-state index contributed by atoms with van der Waals surface area (Å²) in [5, 5.41) is 11.7. The number of aliphatic hydroxyl groups excluding tert-OH is 1. The summed E-state index contributed by atoms with van der Waals surface area (Å²) in [7, 11) is 0. The smallest absolute Gasteiger partial charge is 0.223 e. The summed E-state index contributed by atoms with van der Waals surface area (Å²) in [6, 6.07) is 11.1. The van der Waals surface area contributed by atoms with E-state index in [0.717, 1.165) is 32.4 Å². The molecule has 1 aromatic carbocycles. The molecule has 0 aliphatic carbocycles. The highest BCUT2D eigenvalue weighted by Gasteiger charge is 2.28. The van der Waals surface area contributed by atoms with E-state index in [0.29, 0.717) is 19.0 Å². The highest BCUT2D eigenvalue weighted by atomic mass is 16.3. The lowest BCUT2D eigenvalue weighted by atomic mass is 9.92. The Bertz CT molecular complexity index is 442. The Morgan fingerprint density at radius 1 is 1.32 bits per heavy atom. The summed E-state index contributed by atoms with van der Waals surface area (Å²) in [4.78, 5) is 14.6. The predicted octanol–water partition coefficient (Wildman–Crippen LogP) is 2.35. The summed E-state index contributed by atoms with van der Waals surface area (Å²) < 4.78 is 0. The molecule has 1 amide bonds. The monoisotopic (exact) mass is 304 g/mol. The molecule has 4 nitrogen and oxygen atoms in total. The largest absolute Gasteiger partial charge is 0.396 e. The molecule has 1 fully saturated rings. The highest BCUT2D eigenvalue weighted by Crippen LogP contribution is 2.29. The second kappa shape index (κ2) is 8.91. The molecule has 0 radical (unpaired) electrons. The second-order valence-corrected chi connectivity index (χ2v) is 6.01. The van der Waals surface area contributed by atoms with Gasteiger partial charge in [-0.1, -0.05) is 37.3 Å². The van der Waals surface area contributed by atoms with Crippen LogP contribution in [0.2, 0.25) is 0 Å². The molecule has 2 rings (SSSR count). The van der Waals surface area contributed by atoms with Crippen molar-refractivity contribution in [2.24, 2.45) is 5.92 Å². The van der Waals surface area contributed by atoms with Gasteiger partial charge in [0, 0.05) is 25.1 Å². The predicted molar refractivity (Wildman–Crippen MR) is 88.5 cm³/mol. The SMILES string of the molecule is CCC(c1ccccc1)N1CCC(C(=O)NCCCO)CC1. The zero-order valence-corrected chi connectivity index (χ0v) is 13.5. The van der Waals surface area contributed by atoms with Gasteiger partial charge in [-0.2, -0.15) is 0 Å². The minimum Gasteiger partial charge on any atom is -0.396 e. The first kappa shape index (κ1) is 17.0. The molecule has 0 aromatic heterocycles. The van der Waals surface area contributed by atoms with Crippen LogP contribution in [0.25, 0.3) is 0 Å². The molecule has 0 spiro atoms. The van der Waals surface area contributed by atoms with Crippen LogP contribution < -0.4 is 5.32 Å². The van der Waals surface area contributed by atoms with Gasteiger partial charge >= 0.3 is 0 Å². The number of hydrogen-bond donors (Lipinski definition) is 2. The Morgan fingerprint density at radius 2 is 2.00 bits per heavy atom. The number of hydrogen-bond acceptors (Lipinski definition) is 3. The number of carbonyl (C=O) groups is 1. The summed E-state index contributed by atoms with van der Waals surface area (Å²) in [6.45, 7) is 4.90. The van der Waals surface area contributed by atoms with E-state index in [2.05, 4.69) is 47.5 Å². The Kier molecular flexibility index (Phi) is 6.87. The number of aliphatic hydroxyl groups is 1. The van der Waals surface area contributed by atoms with Crippen molar-refractivity contribution in [3.63, 3.8) is 0 Å². The molecule has 1 heterocycles. The van der Waals surface area contributed by atoms with E-state index in [1.807, 2.05) is 0 Å². The maximum absolute atomic E-state index is 12.1. The average molecular weight is 304 g/mol. The van der Waals surface area contributed by atoms with Crippen molar-refractivity contribution in [3.05, 3.63) is 35.9 Å². The molecule has 1 aliphatic heterocycles. The number of rotatable bonds is 7. The molecule has 1 atom stereocenters. The van der Waals surface area contributed by atoms with Crippen molar-refractivity contribution in [3.8, 4) is 0 Å². The van der Waals surface area contributed by atoms with Crippen LogP contribution >= 0.6 is 0 Å². The first-order chi connectivity index (χ1) is 10.8. The molecule has 1 saturated heterocycles. The number of amides is 1. The number of piperidine rings is 1. The van der Waals surface area contributed by atoms with Gasteiger partial charge < -0.3 is 10.4 Å². The maximum atomic E-state index is 12.1. The van der Waals surface area contributed by atoms with Crippen LogP contribution in [0.1, 0.15) is 44.2 Å². The maximum Gasteiger partial charge on any atom is 0.223 e. The summed E-state index contributed by atoms with van der Waals surface area (Å²) in [5.74, 6) is 0.282. The lowest BCUT2D eigenvalue weighted by Gasteiger charge is -2.37. The van der Waals surface area contributed by atoms with Crippen molar-refractivity contribution in [2.45, 2.75) is 38.6 Å². The Hall–Kier alpha value is -1.39. The normalized spacial score (nSPS) is 18.1. The summed E-state index contributed by atoms with van der Waals surface area (Å²) in [5.41, 5.74) is 1.37. The van der Waals surface area contributed by atoms with Gasteiger partial charge in [0.25, 0.3) is 0 Å². The summed E-state index contributed by atoms with van der Waals surface area (Å²) >= 11 is 0. The topological polar surface area (TPSA) is 52.6 Å². The van der Waals surface area contributed by atoms with E-state index in [-0.39, 0.29) is 18.4 Å². The third-order valence-electron chi connectivity index (χ3n) is 4.55. The van der Waals surface area contributed by atoms with Gasteiger partial charge in [0.05, 0.1) is 0 Å². The van der Waals surface area contributed by atoms with Crippen molar-refractivity contribution < 1.29 is 9.90 Å². The van der Waals surface area contributed by atoms with Crippen LogP contribution in [0, 0.1) is 5.92 Å². The number of nitrogens with zero attached hydrogens (tertiary/aromatic N) is 1. The molecule has 2 N–H and O–H groups in total. The number of benzene rings is 1. The molecule has 0 bridgehead atoms. The van der Waals surface area contributed by atoms with E-state index >= 15 is 0 Å². The Morgan fingerprint density at radius 3 is 2.59 bits per heavy atom. The standard InChI is InChI=1S/C18H28N2O2/c1-2-17(15-7-4-3-5-8-15)20-12-9-16(10-13-20)18(22)19-11-6-14-21/h3-5,7-8,16-17,21H,2,6,9-14H2,1H3,(H,19,22). The molecular formula is C18H28N2O2. The first-order valence-electron chi connectivity index (χ1n) is 8.43. The van der Waals surface area contributed by atoms with E-state index in [1.165, 1.54) is 5.56 Å². The van der Waals surface area contributed by atoms with Gasteiger partial charge in [-0.15, -0.1) is 0 Å². The first-order valence-corrected chi connectivity index (χ1v) is 8.43. The van der Waals surface area contributed by atoms with E-state index < -0.39 is 0 Å². The number of nitrogens with one attached hydrogen (secondary N) is 1. The molecular weight excluding hydrogens is 276 g/mol. The van der Waals surface area contributed by atoms with Crippen molar-refractivity contribution in [1.29, 1.82) is 0 Å². The molecule has 22 heavy (non-hydrogen) atoms. The van der Waals surface area contributed by atoms with E-state index in [9.17, 15) is 4.79 Å². The lowest BCUT2D eigenvalue weighted by molar-refractivity contribution is -0.126. The van der Waals surface area contributed by atoms with Gasteiger partial charge in [-0.05, 0) is 44.3 Å². The van der Waals surface area contributed by atoms with Gasteiger partial charge in [0.1, 0.15) is 0 Å². The van der Waals surface area contributed by atoms with Crippen LogP contribution in [0.4, 0.5) is 0 Å². The van der Waals surface area contributed by atoms with E-state index in [1.54, 1.807) is 0 Å². The van der Waals surface area contributed by atoms with Gasteiger partial charge in [-0.3, -0.25) is 9.69 Å². The van der Waals surface area contributed by atoms with Crippen LogP contribution in [0.15, 0.2) is 30.3 Å². The number of carbonyl (C=O) groups excluding carboxylic acids is 1. The van der Waals surface area contributed by atoms with Gasteiger partial charge in [-0.25, -0.2) is 0 Å². The van der Waals surface area contributed by atoms with Crippen molar-refractivity contribution in [1.82, 2.24) is 10.2 Å². The zero-order valence-electron chi connectivity index (χ0n) is 13.5. The minimum absolute atomic E-state index is 0.128. The molecule has 1 unspecified atom stereocenters. The second-order valence-electron chi connectivity index (χ2n) is 6.01. The molecule has 1 aromatic rings. The van der Waals surface area contributed by atoms with E-state index in [4.69, 9.17) is 5.11 Å². The highest BCUT2D eigenvalue weighted by molar-refractivity contribution is 5.78. The quantitative estimate of drug-likeness (QED) is 0.760. The average Bonchev–Trinajstić information content (AvgIpc) is 2.57. The van der Waals surface area contributed by atoms with Gasteiger partial charge in [0.15, 0.2) is 0 Å².